The number of amides is 7. The van der Waals surface area contributed by atoms with E-state index >= 15 is 0 Å². The number of carboxylic acid groups (broad SMARTS) is 1. The summed E-state index contributed by atoms with van der Waals surface area (Å²) in [5.74, 6) is -2.35. The number of carbonyl (C=O) groups is 7. The molecular weight excluding hydrogens is 1140 g/mol. The van der Waals surface area contributed by atoms with Crippen LogP contribution in [0, 0.1) is 11.8 Å². The third-order valence-corrected chi connectivity index (χ3v) is 17.6. The number of rotatable bonds is 21. The number of likely N-dealkylation sites (tertiary alicyclic amines) is 1. The molecule has 2 unspecified atom stereocenters. The van der Waals surface area contributed by atoms with Gasteiger partial charge in [-0.05, 0) is 128 Å². The van der Waals surface area contributed by atoms with E-state index in [0.717, 1.165) is 22.3 Å². The van der Waals surface area contributed by atoms with Crippen LogP contribution >= 0.6 is 0 Å². The first-order valence-electron chi connectivity index (χ1n) is 29.6. The Labute approximate surface area is 512 Å². The van der Waals surface area contributed by atoms with Crippen LogP contribution in [0.3, 0.4) is 0 Å². The molecule has 5 aromatic carbocycles. The average Bonchev–Trinajstić information content (AvgIpc) is 1.41. The molecule has 3 aliphatic heterocycles. The summed E-state index contributed by atoms with van der Waals surface area (Å²) in [4.78, 5) is 99.3. The van der Waals surface area contributed by atoms with Crippen molar-refractivity contribution >= 4 is 75.2 Å². The van der Waals surface area contributed by atoms with Gasteiger partial charge in [0.15, 0.2) is 0 Å². The topological polar surface area (TPSA) is 301 Å². The van der Waals surface area contributed by atoms with E-state index < -0.39 is 69.8 Å². The van der Waals surface area contributed by atoms with Crippen molar-refractivity contribution < 1.29 is 56.6 Å². The fraction of sp³-hybridized carbons (Fsp3) is 0.385. The summed E-state index contributed by atoms with van der Waals surface area (Å²) in [6.07, 6.45) is 0.728. The summed E-state index contributed by atoms with van der Waals surface area (Å²) in [7, 11) is -3.97. The van der Waals surface area contributed by atoms with Gasteiger partial charge in [-0.1, -0.05) is 98.8 Å². The monoisotopic (exact) mass is 1220 g/mol. The molecule has 464 valence electrons. The minimum absolute atomic E-state index is 0.00656. The second kappa shape index (κ2) is 27.3. The van der Waals surface area contributed by atoms with Crippen molar-refractivity contribution in [2.45, 2.75) is 108 Å². The number of anilines is 1. The molecular formula is C65H76N10O12S. The van der Waals surface area contributed by atoms with E-state index in [-0.39, 0.29) is 80.1 Å². The molecule has 0 saturated carbocycles. The summed E-state index contributed by atoms with van der Waals surface area (Å²) in [5, 5.41) is 24.1. The van der Waals surface area contributed by atoms with Gasteiger partial charge in [0, 0.05) is 80.9 Å². The van der Waals surface area contributed by atoms with Gasteiger partial charge in [-0.2, -0.15) is 4.31 Å². The van der Waals surface area contributed by atoms with Crippen LogP contribution in [0.2, 0.25) is 0 Å². The quantitative estimate of drug-likeness (QED) is 0.0344. The number of nitrogens with one attached hydrogen (secondary N) is 5. The van der Waals surface area contributed by atoms with E-state index in [1.54, 1.807) is 102 Å². The molecule has 9 rings (SSSR count). The molecule has 8 N–H and O–H groups in total. The van der Waals surface area contributed by atoms with Crippen molar-refractivity contribution in [1.82, 2.24) is 35.4 Å². The second-order valence-corrected chi connectivity index (χ2v) is 25.9. The molecule has 0 bridgehead atoms. The van der Waals surface area contributed by atoms with E-state index in [2.05, 4.69) is 31.6 Å². The van der Waals surface area contributed by atoms with E-state index in [1.807, 2.05) is 54.6 Å². The maximum absolute atomic E-state index is 14.0. The van der Waals surface area contributed by atoms with Crippen molar-refractivity contribution in [2.75, 3.05) is 51.2 Å². The van der Waals surface area contributed by atoms with Crippen LogP contribution in [0.5, 0.6) is 0 Å². The van der Waals surface area contributed by atoms with Gasteiger partial charge in [-0.25, -0.2) is 27.8 Å². The Kier molecular flexibility index (Phi) is 19.7. The maximum Gasteiger partial charge on any atom is 0.407 e. The summed E-state index contributed by atoms with van der Waals surface area (Å²) in [6, 6.07) is 31.6. The Bertz CT molecular complexity index is 3610. The smallest absolute Gasteiger partial charge is 0.407 e. The first-order chi connectivity index (χ1) is 41.9. The molecule has 2 fully saturated rings. The summed E-state index contributed by atoms with van der Waals surface area (Å²) in [6.45, 7) is 11.7. The number of hydrogen-bond acceptors (Lipinski definition) is 13. The number of alkyl carbamates (subject to hydrolysis) is 2. The molecule has 88 heavy (non-hydrogen) atoms. The fourth-order valence-electron chi connectivity index (χ4n) is 11.3. The number of ether oxygens (including phenoxy) is 2. The molecule has 3 heterocycles. The van der Waals surface area contributed by atoms with Gasteiger partial charge in [0.05, 0.1) is 10.6 Å². The van der Waals surface area contributed by atoms with Crippen molar-refractivity contribution in [3.05, 3.63) is 143 Å². The fourth-order valence-corrected chi connectivity index (χ4v) is 13.0. The number of amidine groups is 1. The van der Waals surface area contributed by atoms with Crippen molar-refractivity contribution in [3.63, 3.8) is 0 Å². The number of aliphatic imine (C=N–C) groups is 1. The highest BCUT2D eigenvalue weighted by Gasteiger charge is 2.40. The number of benzene rings is 5. The minimum Gasteiger partial charge on any atom is -0.465 e. The molecule has 1 aliphatic carbocycles. The largest absolute Gasteiger partial charge is 0.465 e. The predicted octanol–water partition coefficient (Wildman–Crippen LogP) is 7.96. The number of fused-ring (bicyclic) bond motifs is 4. The van der Waals surface area contributed by atoms with Crippen LogP contribution in [0.25, 0.3) is 28.3 Å². The Morgan fingerprint density at radius 1 is 0.807 bits per heavy atom. The standard InChI is InChI=1S/C65H76N10O12S/c1-39(2)57(72-59(77)55-20-12-29-75(55)61(79)40(3)69-63(81)86-38-53-51-18-9-7-16-49(51)50-17-8-10-19-52(50)53)60(78)70-47-25-21-41(22-26-47)34-73(64(82)83)35-42-36-74(37-42)88(84,85)48-15-11-14-43(31-48)44-23-24-45-30-46(33-56(66)71-54(45)32-44)58(76)67-27-13-28-68-62(80)87-65(4,5)6/h7-11,14-19,21-26,30-32,39-40,42,53,55,57H,12-13,20,27-29,33-38H2,1-6H3,(H2,66,71)(H,67,76)(H,68,80)(H,69,81)(H,70,78)(H,72,77)(H,82,83)/t40?,55-,57?/m0/s1. The Balaban J connectivity index is 0.728. The van der Waals surface area contributed by atoms with Gasteiger partial charge >= 0.3 is 18.3 Å². The maximum atomic E-state index is 14.0. The third-order valence-electron chi connectivity index (χ3n) is 15.8. The summed E-state index contributed by atoms with van der Waals surface area (Å²) in [5.41, 5.74) is 13.8. The molecule has 3 atom stereocenters. The molecule has 22 nitrogen and oxygen atoms in total. The first kappa shape index (κ1) is 63.4. The van der Waals surface area contributed by atoms with Crippen molar-refractivity contribution in [3.8, 4) is 22.3 Å². The normalized spacial score (nSPS) is 16.4. The van der Waals surface area contributed by atoms with Crippen molar-refractivity contribution in [2.24, 2.45) is 22.6 Å². The highest BCUT2D eigenvalue weighted by atomic mass is 32.2. The molecule has 4 aliphatic rings. The Hall–Kier alpha value is -9.09. The van der Waals surface area contributed by atoms with E-state index in [0.29, 0.717) is 71.6 Å². The Morgan fingerprint density at radius 3 is 2.15 bits per heavy atom. The zero-order valence-electron chi connectivity index (χ0n) is 50.2. The van der Waals surface area contributed by atoms with Crippen LogP contribution in [0.1, 0.15) is 95.4 Å². The number of carbonyl (C=O) groups excluding carboxylic acids is 6. The lowest BCUT2D eigenvalue weighted by molar-refractivity contribution is -0.140. The van der Waals surface area contributed by atoms with E-state index in [4.69, 9.17) is 15.2 Å². The molecule has 5 aromatic rings. The zero-order valence-corrected chi connectivity index (χ0v) is 51.0. The zero-order chi connectivity index (χ0) is 63.0. The highest BCUT2D eigenvalue weighted by Crippen LogP contribution is 2.44. The van der Waals surface area contributed by atoms with Crippen molar-refractivity contribution in [1.29, 1.82) is 0 Å². The first-order valence-corrected chi connectivity index (χ1v) is 31.0. The lowest BCUT2D eigenvalue weighted by Gasteiger charge is -2.40. The van der Waals surface area contributed by atoms with Gasteiger partial charge in [0.1, 0.15) is 36.2 Å². The predicted molar refractivity (Wildman–Crippen MR) is 333 cm³/mol. The second-order valence-electron chi connectivity index (χ2n) is 23.9. The molecule has 0 radical (unpaired) electrons. The van der Waals surface area contributed by atoms with E-state index in [9.17, 15) is 47.1 Å². The Morgan fingerprint density at radius 2 is 1.48 bits per heavy atom. The van der Waals surface area contributed by atoms with Crippen LogP contribution in [-0.4, -0.2) is 145 Å². The highest BCUT2D eigenvalue weighted by molar-refractivity contribution is 7.89. The van der Waals surface area contributed by atoms with Crippen LogP contribution < -0.4 is 32.3 Å². The lowest BCUT2D eigenvalue weighted by atomic mass is 9.98. The van der Waals surface area contributed by atoms with E-state index in [1.165, 1.54) is 20.2 Å². The van der Waals surface area contributed by atoms with Crippen LogP contribution in [0.15, 0.2) is 131 Å². The number of hydrogen-bond donors (Lipinski definition) is 7. The van der Waals surface area contributed by atoms with Gasteiger partial charge < -0.3 is 56.7 Å². The molecule has 23 heteroatoms. The summed E-state index contributed by atoms with van der Waals surface area (Å²) < 4.78 is 40.1. The minimum atomic E-state index is -3.97. The van der Waals surface area contributed by atoms with Crippen LogP contribution in [-0.2, 0) is 45.2 Å². The lowest BCUT2D eigenvalue weighted by Crippen LogP contribution is -2.56. The van der Waals surface area contributed by atoms with Crippen LogP contribution in [0.4, 0.5) is 25.8 Å². The molecule has 2 saturated heterocycles. The number of nitrogens with two attached hydrogens (primary N) is 1. The van der Waals surface area contributed by atoms with Gasteiger partial charge in [-0.15, -0.1) is 0 Å². The molecule has 0 spiro atoms. The third kappa shape index (κ3) is 15.4. The average molecular weight is 1220 g/mol. The van der Waals surface area contributed by atoms with Gasteiger partial charge in [0.2, 0.25) is 33.7 Å². The number of nitrogens with zero attached hydrogens (tertiary/aromatic N) is 4. The molecule has 0 aromatic heterocycles. The SMILES string of the molecule is CC(NC(=O)OCC1c2ccccc2-c2ccccc21)C(=O)N1CCC[C@H]1C(=O)NC(C(=O)Nc1ccc(CN(CC2CN(S(=O)(=O)c3cccc(-c4ccc5c(c4)N=C(N)CC(C(=O)NCCCNC(=O)OC(C)(C)C)=C5)c3)C2)C(=O)O)cc1)C(C)C. The van der Waals surface area contributed by atoms with Gasteiger partial charge in [0.25, 0.3) is 0 Å². The molecule has 7 amide bonds. The number of sulfonamides is 1. The van der Waals surface area contributed by atoms with Gasteiger partial charge in [-0.3, -0.25) is 19.2 Å². The summed E-state index contributed by atoms with van der Waals surface area (Å²) >= 11 is 0.